The third-order valence-corrected chi connectivity index (χ3v) is 6.57. The molecule has 0 bridgehead atoms. The predicted octanol–water partition coefficient (Wildman–Crippen LogP) is 5.38. The van der Waals surface area contributed by atoms with Crippen LogP contribution in [0.1, 0.15) is 72.7 Å². The molecule has 0 saturated heterocycles. The first kappa shape index (κ1) is 24.3. The molecule has 32 heavy (non-hydrogen) atoms. The second-order valence-corrected chi connectivity index (χ2v) is 10.2. The van der Waals surface area contributed by atoms with E-state index in [0.29, 0.717) is 46.8 Å². The van der Waals surface area contributed by atoms with Crippen LogP contribution in [-0.4, -0.2) is 24.9 Å². The molecule has 0 spiro atoms. The van der Waals surface area contributed by atoms with Crippen molar-refractivity contribution < 1.29 is 9.59 Å². The number of hydrogen-bond acceptors (Lipinski definition) is 3. The van der Waals surface area contributed by atoms with Crippen LogP contribution in [0.4, 0.5) is 5.69 Å². The van der Waals surface area contributed by atoms with E-state index in [1.54, 1.807) is 18.2 Å². The van der Waals surface area contributed by atoms with Gasteiger partial charge in [-0.2, -0.15) is 0 Å². The van der Waals surface area contributed by atoms with Crippen molar-refractivity contribution in [3.05, 3.63) is 64.2 Å². The minimum absolute atomic E-state index is 0.0298. The summed E-state index contributed by atoms with van der Waals surface area (Å²) in [7, 11) is 0. The zero-order valence-electron chi connectivity index (χ0n) is 19.2. The molecule has 6 heteroatoms. The molecule has 172 valence electrons. The minimum atomic E-state index is -0.217. The summed E-state index contributed by atoms with van der Waals surface area (Å²) in [6.07, 6.45) is 4.52. The van der Waals surface area contributed by atoms with Crippen LogP contribution in [0.15, 0.2) is 42.5 Å². The average Bonchev–Trinajstić information content (AvgIpc) is 2.77. The molecule has 4 N–H and O–H groups in total. The summed E-state index contributed by atoms with van der Waals surface area (Å²) < 4.78 is 0. The van der Waals surface area contributed by atoms with E-state index in [9.17, 15) is 9.59 Å². The molecule has 0 heterocycles. The molecule has 2 unspecified atom stereocenters. The van der Waals surface area contributed by atoms with E-state index in [1.165, 1.54) is 12.0 Å². The Morgan fingerprint density at radius 1 is 1.03 bits per heavy atom. The highest BCUT2D eigenvalue weighted by Gasteiger charge is 2.22. The number of amides is 2. The highest BCUT2D eigenvalue weighted by atomic mass is 35.5. The Morgan fingerprint density at radius 3 is 2.34 bits per heavy atom. The maximum atomic E-state index is 12.6. The van der Waals surface area contributed by atoms with Gasteiger partial charge in [-0.15, -0.1) is 0 Å². The molecule has 0 aliphatic heterocycles. The smallest absolute Gasteiger partial charge is 0.255 e. The van der Waals surface area contributed by atoms with Crippen LogP contribution in [0.2, 0.25) is 5.02 Å². The van der Waals surface area contributed by atoms with Crippen molar-refractivity contribution in [1.29, 1.82) is 0 Å². The lowest BCUT2D eigenvalue weighted by Crippen LogP contribution is -2.33. The average molecular weight is 456 g/mol. The van der Waals surface area contributed by atoms with Gasteiger partial charge in [-0.05, 0) is 79.0 Å². The molecule has 2 aromatic carbocycles. The van der Waals surface area contributed by atoms with Crippen molar-refractivity contribution >= 4 is 29.1 Å². The van der Waals surface area contributed by atoms with Gasteiger partial charge >= 0.3 is 0 Å². The summed E-state index contributed by atoms with van der Waals surface area (Å²) in [6, 6.07) is 12.5. The van der Waals surface area contributed by atoms with Crippen molar-refractivity contribution in [2.24, 2.45) is 17.6 Å². The first-order valence-electron chi connectivity index (χ1n) is 11.4. The fourth-order valence-corrected chi connectivity index (χ4v) is 4.50. The first-order chi connectivity index (χ1) is 15.2. The van der Waals surface area contributed by atoms with Crippen molar-refractivity contribution in [3.63, 3.8) is 0 Å². The van der Waals surface area contributed by atoms with Gasteiger partial charge < -0.3 is 16.4 Å². The van der Waals surface area contributed by atoms with Crippen molar-refractivity contribution in [3.8, 4) is 0 Å². The minimum Gasteiger partial charge on any atom is -0.352 e. The van der Waals surface area contributed by atoms with Crippen molar-refractivity contribution in [1.82, 2.24) is 5.32 Å². The van der Waals surface area contributed by atoms with Crippen LogP contribution in [-0.2, 0) is 5.41 Å². The molecule has 2 amide bonds. The van der Waals surface area contributed by atoms with Gasteiger partial charge in [-0.1, -0.05) is 50.9 Å². The molecule has 2 aromatic rings. The summed E-state index contributed by atoms with van der Waals surface area (Å²) in [5.41, 5.74) is 8.53. The van der Waals surface area contributed by atoms with E-state index >= 15 is 0 Å². The lowest BCUT2D eigenvalue weighted by atomic mass is 9.81. The predicted molar refractivity (Wildman–Crippen MR) is 131 cm³/mol. The topological polar surface area (TPSA) is 84.2 Å². The van der Waals surface area contributed by atoms with Crippen LogP contribution in [0.3, 0.4) is 0 Å². The summed E-state index contributed by atoms with van der Waals surface area (Å²) in [5.74, 6) is 0.607. The van der Waals surface area contributed by atoms with Crippen LogP contribution < -0.4 is 16.4 Å². The molecule has 0 aromatic heterocycles. The third kappa shape index (κ3) is 6.33. The van der Waals surface area contributed by atoms with E-state index in [2.05, 4.69) is 31.4 Å². The fourth-order valence-electron chi connectivity index (χ4n) is 4.24. The third-order valence-electron chi connectivity index (χ3n) is 6.26. The van der Waals surface area contributed by atoms with E-state index in [4.69, 9.17) is 17.3 Å². The number of rotatable bonds is 6. The Bertz CT molecular complexity index is 951. The van der Waals surface area contributed by atoms with Gasteiger partial charge in [-0.3, -0.25) is 9.59 Å². The molecule has 5 nitrogen and oxygen atoms in total. The summed E-state index contributed by atoms with van der Waals surface area (Å²) in [5, 5.41) is 6.17. The Kier molecular flexibility index (Phi) is 7.96. The quantitative estimate of drug-likeness (QED) is 0.546. The standard InChI is InChI=1S/C26H34ClN3O2/c1-26(2,3)20-9-7-19(8-10-20)24(31)30-21-11-12-22(23(27)14-21)25(32)29-16-18-6-4-5-17(13-18)15-28/h7-12,14,17-18H,4-6,13,15-16,28H2,1-3H3,(H,29,32)(H,30,31). The molecule has 0 radical (unpaired) electrons. The number of halogens is 1. The number of carbonyl (C=O) groups excluding carboxylic acids is 2. The van der Waals surface area contributed by atoms with E-state index < -0.39 is 0 Å². The highest BCUT2D eigenvalue weighted by Crippen LogP contribution is 2.28. The van der Waals surface area contributed by atoms with Gasteiger partial charge in [0.2, 0.25) is 0 Å². The monoisotopic (exact) mass is 455 g/mol. The molecular weight excluding hydrogens is 422 g/mol. The normalized spacial score (nSPS) is 18.8. The van der Waals surface area contributed by atoms with Gasteiger partial charge in [0, 0.05) is 17.8 Å². The molecule has 2 atom stereocenters. The zero-order chi connectivity index (χ0) is 23.3. The first-order valence-corrected chi connectivity index (χ1v) is 11.7. The van der Waals surface area contributed by atoms with E-state index in [0.717, 1.165) is 19.3 Å². The molecule has 3 rings (SSSR count). The maximum Gasteiger partial charge on any atom is 0.255 e. The number of anilines is 1. The Morgan fingerprint density at radius 2 is 1.72 bits per heavy atom. The molecule has 1 aliphatic rings. The largest absolute Gasteiger partial charge is 0.352 e. The van der Waals surface area contributed by atoms with Crippen LogP contribution >= 0.6 is 11.6 Å². The number of benzene rings is 2. The van der Waals surface area contributed by atoms with Gasteiger partial charge in [0.05, 0.1) is 10.6 Å². The highest BCUT2D eigenvalue weighted by molar-refractivity contribution is 6.34. The Balaban J connectivity index is 1.58. The second-order valence-electron chi connectivity index (χ2n) is 9.82. The lowest BCUT2D eigenvalue weighted by Gasteiger charge is -2.28. The second kappa shape index (κ2) is 10.5. The molecular formula is C26H34ClN3O2. The van der Waals surface area contributed by atoms with Gasteiger partial charge in [-0.25, -0.2) is 0 Å². The fraction of sp³-hybridized carbons (Fsp3) is 0.462. The molecule has 1 fully saturated rings. The van der Waals surface area contributed by atoms with E-state index in [1.807, 2.05) is 24.3 Å². The van der Waals surface area contributed by atoms with Gasteiger partial charge in [0.1, 0.15) is 0 Å². The number of carbonyl (C=O) groups is 2. The molecule has 1 saturated carbocycles. The number of hydrogen-bond donors (Lipinski definition) is 3. The maximum absolute atomic E-state index is 12.6. The van der Waals surface area contributed by atoms with Crippen LogP contribution in [0.5, 0.6) is 0 Å². The molecule has 1 aliphatic carbocycles. The van der Waals surface area contributed by atoms with Gasteiger partial charge in [0.15, 0.2) is 0 Å². The van der Waals surface area contributed by atoms with Gasteiger partial charge in [0.25, 0.3) is 11.8 Å². The Labute approximate surface area is 196 Å². The lowest BCUT2D eigenvalue weighted by molar-refractivity contribution is 0.0940. The SMILES string of the molecule is CC(C)(C)c1ccc(C(=O)Nc2ccc(C(=O)NCC3CCCC(CN)C3)c(Cl)c2)cc1. The van der Waals surface area contributed by atoms with Crippen LogP contribution in [0.25, 0.3) is 0 Å². The summed E-state index contributed by atoms with van der Waals surface area (Å²) in [6.45, 7) is 7.74. The van der Waals surface area contributed by atoms with Crippen molar-refractivity contribution in [2.75, 3.05) is 18.4 Å². The van der Waals surface area contributed by atoms with Crippen LogP contribution in [0, 0.1) is 11.8 Å². The van der Waals surface area contributed by atoms with E-state index in [-0.39, 0.29) is 17.2 Å². The number of nitrogens with two attached hydrogens (primary N) is 1. The summed E-state index contributed by atoms with van der Waals surface area (Å²) in [4.78, 5) is 25.2. The zero-order valence-corrected chi connectivity index (χ0v) is 20.0. The Hall–Kier alpha value is -2.37. The van der Waals surface area contributed by atoms with Crippen molar-refractivity contribution in [2.45, 2.75) is 51.9 Å². The number of nitrogens with one attached hydrogen (secondary N) is 2. The summed E-state index contributed by atoms with van der Waals surface area (Å²) >= 11 is 6.36.